The van der Waals surface area contributed by atoms with E-state index in [1.807, 2.05) is 0 Å². The summed E-state index contributed by atoms with van der Waals surface area (Å²) in [6.07, 6.45) is 7.01. The summed E-state index contributed by atoms with van der Waals surface area (Å²) >= 11 is 3.45. The van der Waals surface area contributed by atoms with Crippen molar-refractivity contribution in [3.63, 3.8) is 0 Å². The number of anilines is 1. The fourth-order valence-electron chi connectivity index (χ4n) is 4.63. The SMILES string of the molecule is CCCn1ncc(NC2C3C4CCC(C4)C23)c(Br)c1=O. The van der Waals surface area contributed by atoms with E-state index in [1.54, 1.807) is 6.20 Å². The molecule has 0 saturated heterocycles. The highest BCUT2D eigenvalue weighted by atomic mass is 79.9. The van der Waals surface area contributed by atoms with Gasteiger partial charge in [-0.05, 0) is 65.3 Å². The number of nitrogens with zero attached hydrogens (tertiary/aromatic N) is 2. The van der Waals surface area contributed by atoms with E-state index >= 15 is 0 Å². The molecular weight excluding hydrogens is 318 g/mol. The third-order valence-corrected chi connectivity index (χ3v) is 6.24. The molecule has 0 spiro atoms. The summed E-state index contributed by atoms with van der Waals surface area (Å²) < 4.78 is 2.17. The summed E-state index contributed by atoms with van der Waals surface area (Å²) in [6, 6.07) is 0.584. The van der Waals surface area contributed by atoms with Crippen LogP contribution in [0.2, 0.25) is 0 Å². The van der Waals surface area contributed by atoms with E-state index in [2.05, 4.69) is 33.3 Å². The van der Waals surface area contributed by atoms with E-state index in [0.717, 1.165) is 35.8 Å². The Morgan fingerprint density at radius 3 is 2.75 bits per heavy atom. The minimum atomic E-state index is -0.0226. The first-order chi connectivity index (χ1) is 9.70. The molecular formula is C15H20BrN3O. The summed E-state index contributed by atoms with van der Waals surface area (Å²) in [5.74, 6) is 3.60. The fourth-order valence-corrected chi connectivity index (χ4v) is 5.06. The van der Waals surface area contributed by atoms with E-state index in [1.165, 1.54) is 23.9 Å². The minimum absolute atomic E-state index is 0.0226. The molecule has 3 aliphatic carbocycles. The van der Waals surface area contributed by atoms with Gasteiger partial charge in [-0.3, -0.25) is 4.79 Å². The van der Waals surface area contributed by atoms with Gasteiger partial charge in [0.15, 0.2) is 0 Å². The molecule has 3 aliphatic rings. The number of halogens is 1. The number of aromatic nitrogens is 2. The van der Waals surface area contributed by atoms with Gasteiger partial charge in [-0.1, -0.05) is 6.92 Å². The van der Waals surface area contributed by atoms with Gasteiger partial charge >= 0.3 is 0 Å². The predicted octanol–water partition coefficient (Wildman–Crippen LogP) is 2.87. The third-order valence-electron chi connectivity index (χ3n) is 5.48. The molecule has 108 valence electrons. The van der Waals surface area contributed by atoms with Gasteiger partial charge in [0.2, 0.25) is 0 Å². The number of hydrogen-bond acceptors (Lipinski definition) is 3. The lowest BCUT2D eigenvalue weighted by Crippen LogP contribution is -2.25. The second-order valence-corrected chi connectivity index (χ2v) is 7.35. The first-order valence-electron chi connectivity index (χ1n) is 7.73. The lowest BCUT2D eigenvalue weighted by atomic mass is 10.0. The van der Waals surface area contributed by atoms with Gasteiger partial charge in [0, 0.05) is 12.6 Å². The largest absolute Gasteiger partial charge is 0.379 e. The lowest BCUT2D eigenvalue weighted by molar-refractivity contribution is 0.456. The first-order valence-corrected chi connectivity index (χ1v) is 8.52. The van der Waals surface area contributed by atoms with Crippen LogP contribution in [0, 0.1) is 23.7 Å². The maximum Gasteiger partial charge on any atom is 0.283 e. The first kappa shape index (κ1) is 12.9. The Hall–Kier alpha value is -0.840. The smallest absolute Gasteiger partial charge is 0.283 e. The van der Waals surface area contributed by atoms with Gasteiger partial charge < -0.3 is 5.32 Å². The standard InChI is InChI=1S/C15H20BrN3O/c1-2-5-19-15(20)13(16)10(7-17-19)18-14-11-8-3-4-9(6-8)12(11)14/h7-9,11-12,14,18H,2-6H2,1H3. The number of hydrogen-bond donors (Lipinski definition) is 1. The van der Waals surface area contributed by atoms with Gasteiger partial charge in [-0.2, -0.15) is 5.10 Å². The zero-order chi connectivity index (χ0) is 13.9. The van der Waals surface area contributed by atoms with E-state index in [4.69, 9.17) is 0 Å². The van der Waals surface area contributed by atoms with Crippen molar-refractivity contribution in [3.8, 4) is 0 Å². The Bertz CT molecular complexity index is 583. The van der Waals surface area contributed by atoms with Crippen molar-refractivity contribution in [1.29, 1.82) is 0 Å². The third kappa shape index (κ3) is 1.78. The molecule has 3 saturated carbocycles. The molecule has 1 aromatic rings. The molecule has 0 amide bonds. The molecule has 1 N–H and O–H groups in total. The zero-order valence-electron chi connectivity index (χ0n) is 11.7. The van der Waals surface area contributed by atoms with E-state index < -0.39 is 0 Å². The molecule has 3 fully saturated rings. The normalized spacial score (nSPS) is 37.0. The topological polar surface area (TPSA) is 46.9 Å². The summed E-state index contributed by atoms with van der Waals surface area (Å²) in [7, 11) is 0. The molecule has 2 bridgehead atoms. The maximum absolute atomic E-state index is 12.2. The minimum Gasteiger partial charge on any atom is -0.379 e. The highest BCUT2D eigenvalue weighted by molar-refractivity contribution is 9.10. The zero-order valence-corrected chi connectivity index (χ0v) is 13.3. The van der Waals surface area contributed by atoms with Gasteiger partial charge in [0.1, 0.15) is 4.47 Å². The Kier molecular flexibility index (Phi) is 2.95. The Labute approximate surface area is 127 Å². The second kappa shape index (κ2) is 4.58. The van der Waals surface area contributed by atoms with Crippen LogP contribution in [0.4, 0.5) is 5.69 Å². The molecule has 1 heterocycles. The molecule has 0 aliphatic heterocycles. The Balaban J connectivity index is 1.53. The average molecular weight is 338 g/mol. The molecule has 4 unspecified atom stereocenters. The van der Waals surface area contributed by atoms with Crippen molar-refractivity contribution in [3.05, 3.63) is 21.0 Å². The fraction of sp³-hybridized carbons (Fsp3) is 0.733. The van der Waals surface area contributed by atoms with Gasteiger partial charge in [0.05, 0.1) is 11.9 Å². The molecule has 5 heteroatoms. The van der Waals surface area contributed by atoms with Crippen LogP contribution in [-0.2, 0) is 6.54 Å². The van der Waals surface area contributed by atoms with Crippen LogP contribution in [0.1, 0.15) is 32.6 Å². The number of aryl methyl sites for hydroxylation is 1. The maximum atomic E-state index is 12.2. The number of nitrogens with one attached hydrogen (secondary N) is 1. The van der Waals surface area contributed by atoms with Crippen LogP contribution in [0.5, 0.6) is 0 Å². The van der Waals surface area contributed by atoms with Crippen LogP contribution in [0.15, 0.2) is 15.5 Å². The van der Waals surface area contributed by atoms with Crippen LogP contribution >= 0.6 is 15.9 Å². The van der Waals surface area contributed by atoms with Crippen LogP contribution in [0.25, 0.3) is 0 Å². The summed E-state index contributed by atoms with van der Waals surface area (Å²) in [5, 5.41) is 7.84. The van der Waals surface area contributed by atoms with Crippen molar-refractivity contribution in [2.45, 2.75) is 45.2 Å². The van der Waals surface area contributed by atoms with E-state index in [0.29, 0.717) is 17.1 Å². The second-order valence-electron chi connectivity index (χ2n) is 6.56. The Morgan fingerprint density at radius 2 is 2.10 bits per heavy atom. The molecule has 0 radical (unpaired) electrons. The molecule has 4 rings (SSSR count). The van der Waals surface area contributed by atoms with Gasteiger partial charge in [0.25, 0.3) is 5.56 Å². The van der Waals surface area contributed by atoms with Gasteiger partial charge in [-0.25, -0.2) is 4.68 Å². The molecule has 1 aromatic heterocycles. The highest BCUT2D eigenvalue weighted by Gasteiger charge is 2.65. The van der Waals surface area contributed by atoms with E-state index in [9.17, 15) is 4.79 Å². The van der Waals surface area contributed by atoms with Crippen molar-refractivity contribution >= 4 is 21.6 Å². The summed E-state index contributed by atoms with van der Waals surface area (Å²) in [5.41, 5.74) is 0.854. The Morgan fingerprint density at radius 1 is 1.40 bits per heavy atom. The highest BCUT2D eigenvalue weighted by Crippen LogP contribution is 2.66. The van der Waals surface area contributed by atoms with Crippen molar-refractivity contribution in [2.75, 3.05) is 5.32 Å². The molecule has 20 heavy (non-hydrogen) atoms. The van der Waals surface area contributed by atoms with Crippen molar-refractivity contribution < 1.29 is 0 Å². The predicted molar refractivity (Wildman–Crippen MR) is 81.7 cm³/mol. The van der Waals surface area contributed by atoms with Crippen LogP contribution < -0.4 is 10.9 Å². The van der Waals surface area contributed by atoms with Crippen molar-refractivity contribution in [2.24, 2.45) is 23.7 Å². The van der Waals surface area contributed by atoms with Gasteiger partial charge in [-0.15, -0.1) is 0 Å². The van der Waals surface area contributed by atoms with E-state index in [-0.39, 0.29) is 5.56 Å². The average Bonchev–Trinajstić information content (AvgIpc) is 2.83. The summed E-state index contributed by atoms with van der Waals surface area (Å²) in [4.78, 5) is 12.2. The summed E-state index contributed by atoms with van der Waals surface area (Å²) in [6.45, 7) is 2.73. The van der Waals surface area contributed by atoms with Crippen molar-refractivity contribution in [1.82, 2.24) is 9.78 Å². The number of rotatable bonds is 4. The number of fused-ring (bicyclic) bond motifs is 5. The quantitative estimate of drug-likeness (QED) is 0.918. The van der Waals surface area contributed by atoms with Crippen LogP contribution in [-0.4, -0.2) is 15.8 Å². The lowest BCUT2D eigenvalue weighted by Gasteiger charge is -2.13. The molecule has 0 aromatic carbocycles. The molecule has 4 atom stereocenters. The monoisotopic (exact) mass is 337 g/mol. The molecule has 4 nitrogen and oxygen atoms in total. The van der Waals surface area contributed by atoms with Crippen LogP contribution in [0.3, 0.4) is 0 Å².